The Morgan fingerprint density at radius 1 is 0.920 bits per heavy atom. The summed E-state index contributed by atoms with van der Waals surface area (Å²) in [6, 6.07) is 16.4. The Morgan fingerprint density at radius 3 is 2.12 bits per heavy atom. The van der Waals surface area contributed by atoms with Crippen molar-refractivity contribution in [3.05, 3.63) is 65.2 Å². The van der Waals surface area contributed by atoms with E-state index in [1.165, 1.54) is 10.5 Å². The smallest absolute Gasteiger partial charge is 0.222 e. The Morgan fingerprint density at radius 2 is 1.52 bits per heavy atom. The van der Waals surface area contributed by atoms with Gasteiger partial charge in [-0.3, -0.25) is 0 Å². The lowest BCUT2D eigenvalue weighted by Gasteiger charge is -2.40. The van der Waals surface area contributed by atoms with Crippen molar-refractivity contribution in [2.75, 3.05) is 5.75 Å². The van der Waals surface area contributed by atoms with Crippen LogP contribution in [0.25, 0.3) is 0 Å². The van der Waals surface area contributed by atoms with Gasteiger partial charge in [-0.1, -0.05) is 57.2 Å². The summed E-state index contributed by atoms with van der Waals surface area (Å²) in [6.45, 7) is 10.2. The van der Waals surface area contributed by atoms with Crippen LogP contribution in [-0.4, -0.2) is 10.9 Å². The number of thioether (sulfide) groups is 1. The highest BCUT2D eigenvalue weighted by molar-refractivity contribution is 7.99. The maximum absolute atomic E-state index is 10.4. The molecule has 3 nitrogen and oxygen atoms in total. The standard InChI is InChI=1S/C21H26O3S/c1-19(2,3)15-10-12-16(13-11-15)25-14-20(4)17-8-6-7-9-18(17)21(5,22)24-23-20/h6-13,22H,14H2,1-5H3/t20-,21?/m1/s1. The van der Waals surface area contributed by atoms with E-state index in [0.717, 1.165) is 11.1 Å². The molecule has 2 aromatic carbocycles. The summed E-state index contributed by atoms with van der Waals surface area (Å²) in [5, 5.41) is 10.4. The molecule has 1 heterocycles. The fraction of sp³-hybridized carbons (Fsp3) is 0.429. The molecule has 0 bridgehead atoms. The van der Waals surface area contributed by atoms with Gasteiger partial charge in [-0.05, 0) is 42.5 Å². The first-order chi connectivity index (χ1) is 11.6. The second kappa shape index (κ2) is 6.44. The summed E-state index contributed by atoms with van der Waals surface area (Å²) in [6.07, 6.45) is 0. The molecule has 1 N–H and O–H groups in total. The van der Waals surface area contributed by atoms with Gasteiger partial charge in [0.15, 0.2) is 0 Å². The van der Waals surface area contributed by atoms with Crippen molar-refractivity contribution < 1.29 is 14.9 Å². The van der Waals surface area contributed by atoms with E-state index in [1.807, 2.05) is 31.2 Å². The first-order valence-electron chi connectivity index (χ1n) is 8.54. The quantitative estimate of drug-likeness (QED) is 0.611. The zero-order valence-corrected chi connectivity index (χ0v) is 16.3. The molecule has 0 fully saturated rings. The normalized spacial score (nSPS) is 26.3. The molecule has 0 saturated carbocycles. The van der Waals surface area contributed by atoms with Crippen molar-refractivity contribution in [3.8, 4) is 0 Å². The molecule has 0 amide bonds. The van der Waals surface area contributed by atoms with Gasteiger partial charge in [-0.15, -0.1) is 11.8 Å². The number of aliphatic hydroxyl groups is 1. The van der Waals surface area contributed by atoms with Gasteiger partial charge in [0.2, 0.25) is 5.79 Å². The Bertz CT molecular complexity index is 746. The van der Waals surface area contributed by atoms with Crippen LogP contribution in [0, 0.1) is 0 Å². The minimum Gasteiger partial charge on any atom is -0.360 e. The van der Waals surface area contributed by atoms with Crippen LogP contribution < -0.4 is 0 Å². The number of benzene rings is 2. The summed E-state index contributed by atoms with van der Waals surface area (Å²) < 4.78 is 0. The molecule has 25 heavy (non-hydrogen) atoms. The molecular weight excluding hydrogens is 332 g/mol. The zero-order valence-electron chi connectivity index (χ0n) is 15.5. The van der Waals surface area contributed by atoms with Crippen LogP contribution in [0.15, 0.2) is 53.4 Å². The highest BCUT2D eigenvalue weighted by atomic mass is 32.2. The highest BCUT2D eigenvalue weighted by Crippen LogP contribution is 2.43. The predicted octanol–water partition coefficient (Wildman–Crippen LogP) is 5.12. The van der Waals surface area contributed by atoms with Crippen LogP contribution in [0.1, 0.15) is 51.3 Å². The first-order valence-corrected chi connectivity index (χ1v) is 9.53. The zero-order chi connectivity index (χ0) is 18.3. The van der Waals surface area contributed by atoms with Crippen LogP contribution in [0.4, 0.5) is 0 Å². The third-order valence-corrected chi connectivity index (χ3v) is 5.92. The minimum atomic E-state index is -1.42. The van der Waals surface area contributed by atoms with E-state index >= 15 is 0 Å². The van der Waals surface area contributed by atoms with Gasteiger partial charge in [-0.25, -0.2) is 4.89 Å². The molecule has 2 aromatic rings. The lowest BCUT2D eigenvalue weighted by Crippen LogP contribution is -2.42. The largest absolute Gasteiger partial charge is 0.360 e. The molecule has 3 rings (SSSR count). The van der Waals surface area contributed by atoms with E-state index in [0.29, 0.717) is 5.75 Å². The monoisotopic (exact) mass is 358 g/mol. The van der Waals surface area contributed by atoms with Crippen molar-refractivity contribution in [2.24, 2.45) is 0 Å². The summed E-state index contributed by atoms with van der Waals surface area (Å²) in [4.78, 5) is 12.1. The number of hydrogen-bond donors (Lipinski definition) is 1. The lowest BCUT2D eigenvalue weighted by atomic mass is 9.87. The summed E-state index contributed by atoms with van der Waals surface area (Å²) >= 11 is 1.72. The third kappa shape index (κ3) is 3.77. The summed E-state index contributed by atoms with van der Waals surface area (Å²) in [7, 11) is 0. The van der Waals surface area contributed by atoms with E-state index in [1.54, 1.807) is 18.7 Å². The molecule has 4 heteroatoms. The fourth-order valence-corrected chi connectivity index (χ4v) is 3.96. The molecule has 0 aromatic heterocycles. The second-order valence-corrected chi connectivity index (χ2v) is 9.04. The maximum Gasteiger partial charge on any atom is 0.222 e. The molecule has 0 aliphatic carbocycles. The molecule has 2 atom stereocenters. The topological polar surface area (TPSA) is 38.7 Å². The molecule has 0 saturated heterocycles. The molecule has 0 radical (unpaired) electrons. The Labute approximate surface area is 154 Å². The van der Waals surface area contributed by atoms with E-state index in [-0.39, 0.29) is 5.41 Å². The fourth-order valence-electron chi connectivity index (χ4n) is 2.99. The van der Waals surface area contributed by atoms with Gasteiger partial charge < -0.3 is 5.11 Å². The lowest BCUT2D eigenvalue weighted by molar-refractivity contribution is -0.471. The maximum atomic E-state index is 10.4. The van der Waals surface area contributed by atoms with E-state index in [4.69, 9.17) is 9.78 Å². The van der Waals surface area contributed by atoms with Crippen LogP contribution in [0.5, 0.6) is 0 Å². The van der Waals surface area contributed by atoms with Crippen LogP contribution >= 0.6 is 11.8 Å². The van der Waals surface area contributed by atoms with Crippen molar-refractivity contribution in [3.63, 3.8) is 0 Å². The predicted molar refractivity (Wildman–Crippen MR) is 101 cm³/mol. The number of hydrogen-bond acceptors (Lipinski definition) is 4. The molecule has 1 aliphatic heterocycles. The Hall–Kier alpha value is -1.33. The molecule has 134 valence electrons. The van der Waals surface area contributed by atoms with Crippen molar-refractivity contribution >= 4 is 11.8 Å². The molecule has 1 aliphatic rings. The van der Waals surface area contributed by atoms with Crippen molar-refractivity contribution in [2.45, 2.75) is 56.3 Å². The van der Waals surface area contributed by atoms with Gasteiger partial charge in [0.25, 0.3) is 0 Å². The molecule has 1 unspecified atom stereocenters. The van der Waals surface area contributed by atoms with Crippen LogP contribution in [0.2, 0.25) is 0 Å². The summed E-state index contributed by atoms with van der Waals surface area (Å²) in [5.41, 5.74) is 2.57. The molecular formula is C21H26O3S. The third-order valence-electron chi connectivity index (χ3n) is 4.62. The minimum absolute atomic E-state index is 0.153. The van der Waals surface area contributed by atoms with E-state index in [2.05, 4.69) is 45.0 Å². The van der Waals surface area contributed by atoms with Crippen LogP contribution in [0.3, 0.4) is 0 Å². The van der Waals surface area contributed by atoms with Gasteiger partial charge in [0.1, 0.15) is 5.60 Å². The Balaban J connectivity index is 1.79. The summed E-state index contributed by atoms with van der Waals surface area (Å²) in [5.74, 6) is -0.732. The molecule has 0 spiro atoms. The average molecular weight is 359 g/mol. The van der Waals surface area contributed by atoms with Crippen molar-refractivity contribution in [1.82, 2.24) is 0 Å². The van der Waals surface area contributed by atoms with Gasteiger partial charge >= 0.3 is 0 Å². The van der Waals surface area contributed by atoms with E-state index < -0.39 is 11.4 Å². The SMILES string of the molecule is CC(C)(C)c1ccc(SC[C@@]2(C)OOC(C)(O)c3ccccc32)cc1. The number of fused-ring (bicyclic) bond motifs is 1. The van der Waals surface area contributed by atoms with Crippen molar-refractivity contribution in [1.29, 1.82) is 0 Å². The Kier molecular flexibility index (Phi) is 4.75. The van der Waals surface area contributed by atoms with E-state index in [9.17, 15) is 5.11 Å². The van der Waals surface area contributed by atoms with Gasteiger partial charge in [-0.2, -0.15) is 4.89 Å². The average Bonchev–Trinajstić information content (AvgIpc) is 2.57. The number of rotatable bonds is 3. The first kappa shape index (κ1) is 18.5. The van der Waals surface area contributed by atoms with Gasteiger partial charge in [0, 0.05) is 16.2 Å². The van der Waals surface area contributed by atoms with Gasteiger partial charge in [0.05, 0.1) is 0 Å². The van der Waals surface area contributed by atoms with Crippen LogP contribution in [-0.2, 0) is 26.6 Å². The second-order valence-electron chi connectivity index (χ2n) is 7.99. The highest BCUT2D eigenvalue weighted by Gasteiger charge is 2.44.